The molecule has 1 heterocycles. The molecule has 0 N–H and O–H groups in total. The number of hydrogen-bond acceptors (Lipinski definition) is 3. The fourth-order valence-electron chi connectivity index (χ4n) is 2.86. The third kappa shape index (κ3) is 3.17. The third-order valence-corrected chi connectivity index (χ3v) is 3.98. The van der Waals surface area contributed by atoms with Crippen LogP contribution in [-0.4, -0.2) is 48.4 Å². The molecule has 1 fully saturated rings. The molecule has 106 valence electrons. The Morgan fingerprint density at radius 2 is 2.35 bits per heavy atom. The number of benzene rings is 1. The highest BCUT2D eigenvalue weighted by atomic mass is 16.2. The van der Waals surface area contributed by atoms with Crippen molar-refractivity contribution < 1.29 is 4.79 Å². The molecule has 0 aromatic heterocycles. The number of rotatable bonds is 4. The minimum Gasteiger partial charge on any atom is -0.340 e. The maximum Gasteiger partial charge on any atom is 0.253 e. The lowest BCUT2D eigenvalue weighted by atomic mass is 10.1. The lowest BCUT2D eigenvalue weighted by molar-refractivity contribution is 0.0754. The molecule has 0 bridgehead atoms. The predicted molar refractivity (Wildman–Crippen MR) is 78.4 cm³/mol. The smallest absolute Gasteiger partial charge is 0.253 e. The van der Waals surface area contributed by atoms with E-state index in [4.69, 9.17) is 5.26 Å². The van der Waals surface area contributed by atoms with Crippen molar-refractivity contribution >= 4 is 5.91 Å². The van der Waals surface area contributed by atoms with Crippen LogP contribution in [0.5, 0.6) is 0 Å². The summed E-state index contributed by atoms with van der Waals surface area (Å²) in [5, 5.41) is 8.90. The van der Waals surface area contributed by atoms with Crippen molar-refractivity contribution in [2.24, 2.45) is 0 Å². The highest BCUT2D eigenvalue weighted by molar-refractivity contribution is 5.94. The van der Waals surface area contributed by atoms with Crippen LogP contribution < -0.4 is 0 Å². The second-order valence-corrected chi connectivity index (χ2v) is 5.30. The van der Waals surface area contributed by atoms with Gasteiger partial charge in [0.25, 0.3) is 5.91 Å². The first-order valence-corrected chi connectivity index (χ1v) is 7.15. The zero-order valence-electron chi connectivity index (χ0n) is 12.2. The maximum absolute atomic E-state index is 12.4. The largest absolute Gasteiger partial charge is 0.340 e. The van der Waals surface area contributed by atoms with Crippen LogP contribution >= 0.6 is 0 Å². The highest BCUT2D eigenvalue weighted by Crippen LogP contribution is 2.18. The van der Waals surface area contributed by atoms with E-state index in [0.29, 0.717) is 17.2 Å². The van der Waals surface area contributed by atoms with Gasteiger partial charge in [-0.3, -0.25) is 9.69 Å². The molecule has 0 aliphatic carbocycles. The van der Waals surface area contributed by atoms with Crippen molar-refractivity contribution in [2.45, 2.75) is 25.8 Å². The first kappa shape index (κ1) is 14.5. The fourth-order valence-corrected chi connectivity index (χ4v) is 2.86. The summed E-state index contributed by atoms with van der Waals surface area (Å²) in [4.78, 5) is 16.6. The van der Waals surface area contributed by atoms with Crippen LogP contribution in [0.25, 0.3) is 0 Å². The molecule has 1 atom stereocenters. The first-order valence-electron chi connectivity index (χ1n) is 7.15. The van der Waals surface area contributed by atoms with Gasteiger partial charge in [-0.2, -0.15) is 5.26 Å². The minimum absolute atomic E-state index is 0.00921. The number of likely N-dealkylation sites (tertiary alicyclic amines) is 1. The van der Waals surface area contributed by atoms with E-state index >= 15 is 0 Å². The van der Waals surface area contributed by atoms with Gasteiger partial charge in [0.2, 0.25) is 0 Å². The number of likely N-dealkylation sites (N-methyl/N-ethyl adjacent to an activating group) is 2. The normalized spacial score (nSPS) is 18.8. The molecule has 1 aliphatic rings. The second-order valence-electron chi connectivity index (χ2n) is 5.30. The summed E-state index contributed by atoms with van der Waals surface area (Å²) in [6.07, 6.45) is 2.37. The summed E-state index contributed by atoms with van der Waals surface area (Å²) in [7, 11) is 1.84. The van der Waals surface area contributed by atoms with Crippen LogP contribution in [0.15, 0.2) is 24.3 Å². The molecule has 2 rings (SSSR count). The Hall–Kier alpha value is -1.86. The van der Waals surface area contributed by atoms with Crippen LogP contribution in [0.2, 0.25) is 0 Å². The van der Waals surface area contributed by atoms with Crippen molar-refractivity contribution in [3.8, 4) is 6.07 Å². The summed E-state index contributed by atoms with van der Waals surface area (Å²) in [5.41, 5.74) is 1.12. The van der Waals surface area contributed by atoms with Gasteiger partial charge in [-0.05, 0) is 44.1 Å². The Bertz CT molecular complexity index is 521. The van der Waals surface area contributed by atoms with Gasteiger partial charge in [-0.15, -0.1) is 0 Å². The van der Waals surface area contributed by atoms with Gasteiger partial charge in [0.05, 0.1) is 11.6 Å². The number of carbonyl (C=O) groups excluding carboxylic acids is 1. The fraction of sp³-hybridized carbons (Fsp3) is 0.500. The minimum atomic E-state index is -0.00921. The first-order chi connectivity index (χ1) is 9.65. The van der Waals surface area contributed by atoms with Crippen LogP contribution in [0.3, 0.4) is 0 Å². The van der Waals surface area contributed by atoms with Crippen LogP contribution in [-0.2, 0) is 0 Å². The standard InChI is InChI=1S/C16H21N3O/c1-3-19-9-5-8-15(19)12-18(2)16(20)14-7-4-6-13(10-14)11-17/h4,6-7,10,15H,3,5,8-9,12H2,1-2H3. The molecule has 1 aliphatic heterocycles. The van der Waals surface area contributed by atoms with E-state index in [2.05, 4.69) is 17.9 Å². The monoisotopic (exact) mass is 271 g/mol. The second kappa shape index (κ2) is 6.53. The maximum atomic E-state index is 12.4. The summed E-state index contributed by atoms with van der Waals surface area (Å²) < 4.78 is 0. The Morgan fingerprint density at radius 3 is 3.05 bits per heavy atom. The zero-order valence-corrected chi connectivity index (χ0v) is 12.2. The number of nitriles is 1. The van der Waals surface area contributed by atoms with E-state index in [1.165, 1.54) is 6.42 Å². The van der Waals surface area contributed by atoms with Crippen LogP contribution in [0.4, 0.5) is 0 Å². The van der Waals surface area contributed by atoms with Crippen molar-refractivity contribution in [1.82, 2.24) is 9.80 Å². The van der Waals surface area contributed by atoms with E-state index in [0.717, 1.165) is 26.1 Å². The van der Waals surface area contributed by atoms with Crippen LogP contribution in [0.1, 0.15) is 35.7 Å². The Balaban J connectivity index is 2.03. The van der Waals surface area contributed by atoms with Crippen molar-refractivity contribution in [3.63, 3.8) is 0 Å². The molecule has 1 amide bonds. The summed E-state index contributed by atoms with van der Waals surface area (Å²) in [5.74, 6) is -0.00921. The number of hydrogen-bond donors (Lipinski definition) is 0. The molecule has 20 heavy (non-hydrogen) atoms. The Kier molecular flexibility index (Phi) is 4.75. The highest BCUT2D eigenvalue weighted by Gasteiger charge is 2.25. The average Bonchev–Trinajstić information content (AvgIpc) is 2.93. The molecule has 1 aromatic rings. The predicted octanol–water partition coefficient (Wildman–Crippen LogP) is 2.11. The van der Waals surface area contributed by atoms with Gasteiger partial charge in [-0.1, -0.05) is 13.0 Å². The van der Waals surface area contributed by atoms with E-state index in [1.54, 1.807) is 29.2 Å². The van der Waals surface area contributed by atoms with Gasteiger partial charge in [-0.25, -0.2) is 0 Å². The van der Waals surface area contributed by atoms with Crippen LogP contribution in [0, 0.1) is 11.3 Å². The molecule has 0 spiro atoms. The molecule has 0 saturated carbocycles. The average molecular weight is 271 g/mol. The topological polar surface area (TPSA) is 47.3 Å². The molecule has 4 heteroatoms. The lowest BCUT2D eigenvalue weighted by Gasteiger charge is -2.27. The molecule has 1 saturated heterocycles. The quantitative estimate of drug-likeness (QED) is 0.842. The zero-order chi connectivity index (χ0) is 14.5. The van der Waals surface area contributed by atoms with E-state index in [-0.39, 0.29) is 5.91 Å². The van der Waals surface area contributed by atoms with E-state index in [1.807, 2.05) is 7.05 Å². The number of amides is 1. The van der Waals surface area contributed by atoms with E-state index in [9.17, 15) is 4.79 Å². The number of carbonyl (C=O) groups is 1. The van der Waals surface area contributed by atoms with Crippen molar-refractivity contribution in [3.05, 3.63) is 35.4 Å². The Morgan fingerprint density at radius 1 is 1.55 bits per heavy atom. The van der Waals surface area contributed by atoms with Gasteiger partial charge in [0.1, 0.15) is 0 Å². The van der Waals surface area contributed by atoms with E-state index < -0.39 is 0 Å². The molecule has 4 nitrogen and oxygen atoms in total. The van der Waals surface area contributed by atoms with Crippen molar-refractivity contribution in [2.75, 3.05) is 26.7 Å². The van der Waals surface area contributed by atoms with Gasteiger partial charge in [0.15, 0.2) is 0 Å². The third-order valence-electron chi connectivity index (χ3n) is 3.98. The molecule has 1 unspecified atom stereocenters. The lowest BCUT2D eigenvalue weighted by Crippen LogP contribution is -2.41. The Labute approximate surface area is 120 Å². The summed E-state index contributed by atoms with van der Waals surface area (Å²) >= 11 is 0. The molecule has 0 radical (unpaired) electrons. The van der Waals surface area contributed by atoms with Gasteiger partial charge >= 0.3 is 0 Å². The molecule has 1 aromatic carbocycles. The molecular formula is C16H21N3O. The SMILES string of the molecule is CCN1CCCC1CN(C)C(=O)c1cccc(C#N)c1. The van der Waals surface area contributed by atoms with Crippen molar-refractivity contribution in [1.29, 1.82) is 5.26 Å². The summed E-state index contributed by atoms with van der Waals surface area (Å²) in [6.45, 7) is 5.09. The summed E-state index contributed by atoms with van der Waals surface area (Å²) in [6, 6.07) is 9.44. The van der Waals surface area contributed by atoms with Gasteiger partial charge in [0, 0.05) is 25.2 Å². The molecular weight excluding hydrogens is 250 g/mol. The number of nitrogens with zero attached hydrogens (tertiary/aromatic N) is 3. The van der Waals surface area contributed by atoms with Gasteiger partial charge < -0.3 is 4.90 Å².